The Morgan fingerprint density at radius 3 is 2.88 bits per heavy atom. The number of hydrogen-bond acceptors (Lipinski definition) is 4. The summed E-state index contributed by atoms with van der Waals surface area (Å²) in [6.07, 6.45) is 0. The summed E-state index contributed by atoms with van der Waals surface area (Å²) in [6.45, 7) is 0. The second-order valence-corrected chi connectivity index (χ2v) is 3.70. The average Bonchev–Trinajstić information content (AvgIpc) is 2.84. The quantitative estimate of drug-likeness (QED) is 0.648. The van der Waals surface area contributed by atoms with E-state index in [4.69, 9.17) is 16.1 Å². The normalized spacial score (nSPS) is 11.1. The zero-order chi connectivity index (χ0) is 11.1. The van der Waals surface area contributed by atoms with E-state index in [9.17, 15) is 0 Å². The maximum absolute atomic E-state index is 5.62. The van der Waals surface area contributed by atoms with Crippen molar-refractivity contribution in [2.24, 2.45) is 7.05 Å². The maximum atomic E-state index is 5.62. The number of halogens is 1. The average molecular weight is 235 g/mol. The molecule has 6 heteroatoms. The van der Waals surface area contributed by atoms with Crippen LogP contribution in [0, 0.1) is 0 Å². The van der Waals surface area contributed by atoms with Crippen LogP contribution in [0.3, 0.4) is 0 Å². The van der Waals surface area contributed by atoms with Crippen LogP contribution in [0.15, 0.2) is 28.8 Å². The lowest BCUT2D eigenvalue weighted by molar-refractivity contribution is 0.429. The number of aromatic nitrogens is 4. The van der Waals surface area contributed by atoms with Crippen molar-refractivity contribution >= 4 is 22.5 Å². The lowest BCUT2D eigenvalue weighted by Crippen LogP contribution is -1.89. The van der Waals surface area contributed by atoms with Crippen molar-refractivity contribution in [3.63, 3.8) is 0 Å². The van der Waals surface area contributed by atoms with Gasteiger partial charge in [-0.25, -0.2) is 0 Å². The van der Waals surface area contributed by atoms with E-state index in [-0.39, 0.29) is 5.28 Å². The Bertz CT molecular complexity index is 658. The highest BCUT2D eigenvalue weighted by Gasteiger charge is 2.15. The smallest absolute Gasteiger partial charge is 0.280 e. The summed E-state index contributed by atoms with van der Waals surface area (Å²) in [5, 5.41) is 8.93. The molecule has 5 nitrogen and oxygen atoms in total. The summed E-state index contributed by atoms with van der Waals surface area (Å²) in [6, 6.07) is 7.82. The van der Waals surface area contributed by atoms with Crippen LogP contribution in [0.1, 0.15) is 0 Å². The van der Waals surface area contributed by atoms with Crippen molar-refractivity contribution in [1.82, 2.24) is 19.9 Å². The molecule has 0 radical (unpaired) electrons. The second-order valence-electron chi connectivity index (χ2n) is 3.36. The third kappa shape index (κ3) is 1.29. The topological polar surface area (TPSA) is 56.7 Å². The Kier molecular flexibility index (Phi) is 1.94. The van der Waals surface area contributed by atoms with Gasteiger partial charge >= 0.3 is 0 Å². The van der Waals surface area contributed by atoms with Gasteiger partial charge < -0.3 is 4.52 Å². The third-order valence-electron chi connectivity index (χ3n) is 2.36. The van der Waals surface area contributed by atoms with E-state index < -0.39 is 0 Å². The van der Waals surface area contributed by atoms with E-state index in [1.165, 1.54) is 0 Å². The van der Waals surface area contributed by atoms with Crippen LogP contribution >= 0.6 is 11.6 Å². The van der Waals surface area contributed by atoms with Crippen LogP contribution in [0.25, 0.3) is 22.5 Å². The van der Waals surface area contributed by atoms with Gasteiger partial charge in [-0.1, -0.05) is 18.2 Å². The summed E-state index contributed by atoms with van der Waals surface area (Å²) in [7, 11) is 1.86. The Morgan fingerprint density at radius 2 is 2.12 bits per heavy atom. The molecule has 0 amide bonds. The molecule has 16 heavy (non-hydrogen) atoms. The van der Waals surface area contributed by atoms with E-state index in [0.717, 1.165) is 10.9 Å². The van der Waals surface area contributed by atoms with Crippen LogP contribution in [-0.4, -0.2) is 19.9 Å². The van der Waals surface area contributed by atoms with Crippen molar-refractivity contribution < 1.29 is 4.52 Å². The minimum Gasteiger partial charge on any atom is -0.331 e. The molecule has 0 aliphatic rings. The summed E-state index contributed by atoms with van der Waals surface area (Å²) < 4.78 is 6.77. The number of nitrogens with zero attached hydrogens (tertiary/aromatic N) is 4. The van der Waals surface area contributed by atoms with Gasteiger partial charge in [0.05, 0.1) is 5.52 Å². The Hall–Kier alpha value is -1.88. The molecule has 2 aromatic heterocycles. The number of hydrogen-bond donors (Lipinski definition) is 0. The first-order chi connectivity index (χ1) is 7.75. The monoisotopic (exact) mass is 234 g/mol. The molecule has 2 heterocycles. The zero-order valence-corrected chi connectivity index (χ0v) is 9.14. The van der Waals surface area contributed by atoms with Crippen LogP contribution in [0.4, 0.5) is 0 Å². The lowest BCUT2D eigenvalue weighted by atomic mass is 10.2. The zero-order valence-electron chi connectivity index (χ0n) is 8.38. The molecule has 0 bridgehead atoms. The fourth-order valence-electron chi connectivity index (χ4n) is 1.67. The molecule has 0 saturated heterocycles. The molecule has 0 saturated carbocycles. The molecular formula is C10H7ClN4O. The van der Waals surface area contributed by atoms with Crippen molar-refractivity contribution in [3.8, 4) is 11.6 Å². The standard InChI is InChI=1S/C10H7ClN4O/c1-15-7-5-3-2-4-6(7)8(13-15)9-12-10(11)14-16-9/h2-5H,1H3. The number of aryl methyl sites for hydroxylation is 1. The van der Waals surface area contributed by atoms with E-state index in [1.54, 1.807) is 4.68 Å². The first-order valence-corrected chi connectivity index (χ1v) is 5.05. The largest absolute Gasteiger partial charge is 0.331 e. The Labute approximate surface area is 95.6 Å². The van der Waals surface area contributed by atoms with Crippen LogP contribution < -0.4 is 0 Å². The highest BCUT2D eigenvalue weighted by molar-refractivity contribution is 6.28. The highest BCUT2D eigenvalue weighted by atomic mass is 35.5. The van der Waals surface area contributed by atoms with E-state index >= 15 is 0 Å². The summed E-state index contributed by atoms with van der Waals surface area (Å²) in [5.41, 5.74) is 1.66. The van der Waals surface area contributed by atoms with Crippen molar-refractivity contribution in [2.75, 3.05) is 0 Å². The van der Waals surface area contributed by atoms with Crippen LogP contribution in [0.5, 0.6) is 0 Å². The van der Waals surface area contributed by atoms with Crippen molar-refractivity contribution in [1.29, 1.82) is 0 Å². The molecule has 0 aliphatic heterocycles. The number of rotatable bonds is 1. The van der Waals surface area contributed by atoms with Crippen LogP contribution in [-0.2, 0) is 7.05 Å². The molecule has 1 aromatic carbocycles. The first-order valence-electron chi connectivity index (χ1n) is 4.67. The Morgan fingerprint density at radius 1 is 1.31 bits per heavy atom. The maximum Gasteiger partial charge on any atom is 0.280 e. The van der Waals surface area contributed by atoms with Crippen molar-refractivity contribution in [3.05, 3.63) is 29.5 Å². The second kappa shape index (κ2) is 3.31. The third-order valence-corrected chi connectivity index (χ3v) is 2.52. The highest BCUT2D eigenvalue weighted by Crippen LogP contribution is 2.26. The molecule has 0 unspecified atom stereocenters. The summed E-state index contributed by atoms with van der Waals surface area (Å²) in [5.74, 6) is 0.335. The minimum atomic E-state index is 0.0877. The van der Waals surface area contributed by atoms with Gasteiger partial charge in [-0.15, -0.1) is 0 Å². The van der Waals surface area contributed by atoms with Gasteiger partial charge in [0.15, 0.2) is 5.69 Å². The molecule has 0 N–H and O–H groups in total. The first kappa shape index (κ1) is 9.35. The van der Waals surface area contributed by atoms with Gasteiger partial charge in [0.25, 0.3) is 11.2 Å². The Balaban J connectivity index is 2.32. The van der Waals surface area contributed by atoms with E-state index in [2.05, 4.69) is 15.2 Å². The molecule has 0 aliphatic carbocycles. The fraction of sp³-hybridized carbons (Fsp3) is 0.100. The summed E-state index contributed by atoms with van der Waals surface area (Å²) in [4.78, 5) is 3.96. The SMILES string of the molecule is Cn1nc(-c2nc(Cl)no2)c2ccccc21. The number of fused-ring (bicyclic) bond motifs is 1. The number of benzene rings is 1. The van der Waals surface area contributed by atoms with Gasteiger partial charge in [-0.3, -0.25) is 4.68 Å². The van der Waals surface area contributed by atoms with E-state index in [0.29, 0.717) is 11.6 Å². The van der Waals surface area contributed by atoms with E-state index in [1.807, 2.05) is 31.3 Å². The van der Waals surface area contributed by atoms with Gasteiger partial charge in [0.2, 0.25) is 0 Å². The van der Waals surface area contributed by atoms with Gasteiger partial charge in [-0.05, 0) is 22.8 Å². The fourth-order valence-corrected chi connectivity index (χ4v) is 1.78. The molecule has 0 spiro atoms. The van der Waals surface area contributed by atoms with Gasteiger partial charge in [-0.2, -0.15) is 10.1 Å². The molecule has 3 aromatic rings. The molecule has 0 fully saturated rings. The lowest BCUT2D eigenvalue weighted by Gasteiger charge is -1.90. The minimum absolute atomic E-state index is 0.0877. The molecular weight excluding hydrogens is 228 g/mol. The van der Waals surface area contributed by atoms with Gasteiger partial charge in [0.1, 0.15) is 0 Å². The molecule has 0 atom stereocenters. The van der Waals surface area contributed by atoms with Gasteiger partial charge in [0, 0.05) is 12.4 Å². The molecule has 3 rings (SSSR count). The predicted molar refractivity (Wildman–Crippen MR) is 59.0 cm³/mol. The molecule has 80 valence electrons. The van der Waals surface area contributed by atoms with Crippen molar-refractivity contribution in [2.45, 2.75) is 0 Å². The predicted octanol–water partition coefficient (Wildman–Crippen LogP) is 2.28. The van der Waals surface area contributed by atoms with Crippen LogP contribution in [0.2, 0.25) is 5.28 Å². The summed E-state index contributed by atoms with van der Waals surface area (Å²) >= 11 is 5.62. The number of para-hydroxylation sites is 1.